The molecule has 1 N–H and O–H groups in total. The Kier molecular flexibility index (Phi) is 4.67. The lowest BCUT2D eigenvalue weighted by molar-refractivity contribution is -0.138. The first-order chi connectivity index (χ1) is 9.38. The maximum Gasteiger partial charge on any atom is 0.416 e. The molecule has 1 unspecified atom stereocenters. The normalized spacial score (nSPS) is 20.1. The predicted molar refractivity (Wildman–Crippen MR) is 72.1 cm³/mol. The first-order valence-corrected chi connectivity index (χ1v) is 6.73. The van der Waals surface area contributed by atoms with Crippen LogP contribution in [0.3, 0.4) is 0 Å². The van der Waals surface area contributed by atoms with Gasteiger partial charge in [-0.05, 0) is 25.6 Å². The highest BCUT2D eigenvalue weighted by molar-refractivity contribution is 5.31. The van der Waals surface area contributed by atoms with Crippen LogP contribution < -0.4 is 5.43 Å². The molecular formula is C14H20F3N3. The SMILES string of the molecule is CC(NN1CCN(C)CC1)c1ccccc1C(F)(F)F. The highest BCUT2D eigenvalue weighted by Gasteiger charge is 2.34. The van der Waals surface area contributed by atoms with E-state index < -0.39 is 11.7 Å². The summed E-state index contributed by atoms with van der Waals surface area (Å²) in [6.45, 7) is 5.23. The standard InChI is InChI=1S/C14H20F3N3/c1-11(18-20-9-7-19(2)8-10-20)12-5-3-4-6-13(12)14(15,16)17/h3-6,11,18H,7-10H2,1-2H3. The number of alkyl halides is 3. The van der Waals surface area contributed by atoms with Crippen LogP contribution in [0.2, 0.25) is 0 Å². The van der Waals surface area contributed by atoms with Gasteiger partial charge < -0.3 is 4.90 Å². The summed E-state index contributed by atoms with van der Waals surface area (Å²) >= 11 is 0. The lowest BCUT2D eigenvalue weighted by atomic mass is 10.0. The van der Waals surface area contributed by atoms with Crippen molar-refractivity contribution >= 4 is 0 Å². The van der Waals surface area contributed by atoms with Gasteiger partial charge in [0.1, 0.15) is 0 Å². The lowest BCUT2D eigenvalue weighted by Gasteiger charge is -2.35. The fraction of sp³-hybridized carbons (Fsp3) is 0.571. The minimum Gasteiger partial charge on any atom is -0.304 e. The summed E-state index contributed by atoms with van der Waals surface area (Å²) in [6.07, 6.45) is -4.31. The number of hydrazine groups is 1. The van der Waals surface area contributed by atoms with E-state index >= 15 is 0 Å². The molecule has 1 aliphatic heterocycles. The fourth-order valence-electron chi connectivity index (χ4n) is 2.41. The van der Waals surface area contributed by atoms with Gasteiger partial charge in [0.05, 0.1) is 5.56 Å². The zero-order valence-electron chi connectivity index (χ0n) is 11.7. The molecule has 1 saturated heterocycles. The number of likely N-dealkylation sites (N-methyl/N-ethyl adjacent to an activating group) is 1. The minimum atomic E-state index is -4.31. The molecule has 1 heterocycles. The third-order valence-electron chi connectivity index (χ3n) is 3.61. The Morgan fingerprint density at radius 1 is 1.10 bits per heavy atom. The molecule has 1 atom stereocenters. The van der Waals surface area contributed by atoms with Crippen molar-refractivity contribution < 1.29 is 13.2 Å². The molecule has 1 aliphatic rings. The van der Waals surface area contributed by atoms with Crippen molar-refractivity contribution in [2.24, 2.45) is 0 Å². The predicted octanol–water partition coefficient (Wildman–Crippen LogP) is 2.52. The van der Waals surface area contributed by atoms with Crippen LogP contribution in [0.15, 0.2) is 24.3 Å². The molecule has 0 aliphatic carbocycles. The number of benzene rings is 1. The summed E-state index contributed by atoms with van der Waals surface area (Å²) in [4.78, 5) is 2.20. The maximum absolute atomic E-state index is 13.0. The monoisotopic (exact) mass is 287 g/mol. The second-order valence-electron chi connectivity index (χ2n) is 5.23. The van der Waals surface area contributed by atoms with E-state index in [1.165, 1.54) is 12.1 Å². The van der Waals surface area contributed by atoms with Crippen molar-refractivity contribution in [3.05, 3.63) is 35.4 Å². The van der Waals surface area contributed by atoms with Crippen LogP contribution in [0.4, 0.5) is 13.2 Å². The van der Waals surface area contributed by atoms with Crippen LogP contribution in [0, 0.1) is 0 Å². The summed E-state index contributed by atoms with van der Waals surface area (Å²) in [5.41, 5.74) is 2.90. The van der Waals surface area contributed by atoms with E-state index in [0.717, 1.165) is 32.2 Å². The Morgan fingerprint density at radius 3 is 2.30 bits per heavy atom. The van der Waals surface area contributed by atoms with Crippen LogP contribution in [0.25, 0.3) is 0 Å². The van der Waals surface area contributed by atoms with Gasteiger partial charge in [0, 0.05) is 32.2 Å². The molecule has 3 nitrogen and oxygen atoms in total. The van der Waals surface area contributed by atoms with Gasteiger partial charge >= 0.3 is 6.18 Å². The van der Waals surface area contributed by atoms with E-state index in [-0.39, 0.29) is 6.04 Å². The molecule has 112 valence electrons. The van der Waals surface area contributed by atoms with Gasteiger partial charge in [0.25, 0.3) is 0 Å². The van der Waals surface area contributed by atoms with E-state index in [1.54, 1.807) is 13.0 Å². The number of halogens is 3. The van der Waals surface area contributed by atoms with E-state index in [1.807, 2.05) is 12.1 Å². The van der Waals surface area contributed by atoms with E-state index in [9.17, 15) is 13.2 Å². The first-order valence-electron chi connectivity index (χ1n) is 6.73. The van der Waals surface area contributed by atoms with Gasteiger partial charge in [0.2, 0.25) is 0 Å². The number of rotatable bonds is 3. The van der Waals surface area contributed by atoms with Crippen LogP contribution >= 0.6 is 0 Å². The van der Waals surface area contributed by atoms with Gasteiger partial charge in [-0.15, -0.1) is 0 Å². The van der Waals surface area contributed by atoms with Crippen molar-refractivity contribution in [1.29, 1.82) is 0 Å². The number of nitrogens with zero attached hydrogens (tertiary/aromatic N) is 2. The van der Waals surface area contributed by atoms with Gasteiger partial charge in [-0.2, -0.15) is 13.2 Å². The fourth-order valence-corrected chi connectivity index (χ4v) is 2.41. The summed E-state index contributed by atoms with van der Waals surface area (Å²) < 4.78 is 39.0. The molecule has 0 radical (unpaired) electrons. The largest absolute Gasteiger partial charge is 0.416 e. The molecule has 6 heteroatoms. The van der Waals surface area contributed by atoms with Crippen LogP contribution in [-0.2, 0) is 6.18 Å². The highest BCUT2D eigenvalue weighted by Crippen LogP contribution is 2.34. The number of nitrogens with one attached hydrogen (secondary N) is 1. The molecule has 1 aromatic carbocycles. The molecule has 0 amide bonds. The summed E-state index contributed by atoms with van der Waals surface area (Å²) in [5.74, 6) is 0. The van der Waals surface area contributed by atoms with Gasteiger partial charge in [-0.3, -0.25) is 0 Å². The zero-order valence-corrected chi connectivity index (χ0v) is 11.7. The molecule has 20 heavy (non-hydrogen) atoms. The molecule has 0 aromatic heterocycles. The van der Waals surface area contributed by atoms with Crippen molar-refractivity contribution in [3.63, 3.8) is 0 Å². The molecule has 2 rings (SSSR count). The maximum atomic E-state index is 13.0. The number of hydrogen-bond acceptors (Lipinski definition) is 3. The third kappa shape index (κ3) is 3.71. The Hall–Kier alpha value is -1.11. The van der Waals surface area contributed by atoms with Crippen molar-refractivity contribution in [2.75, 3.05) is 33.2 Å². The molecule has 0 bridgehead atoms. The number of hydrogen-bond donors (Lipinski definition) is 1. The topological polar surface area (TPSA) is 18.5 Å². The Labute approximate surface area is 117 Å². The van der Waals surface area contributed by atoms with Crippen molar-refractivity contribution in [2.45, 2.75) is 19.1 Å². The molecular weight excluding hydrogens is 267 g/mol. The summed E-state index contributed by atoms with van der Waals surface area (Å²) in [5, 5.41) is 2.00. The second-order valence-corrected chi connectivity index (χ2v) is 5.23. The average Bonchev–Trinajstić information content (AvgIpc) is 2.40. The van der Waals surface area contributed by atoms with Crippen molar-refractivity contribution in [3.8, 4) is 0 Å². The lowest BCUT2D eigenvalue weighted by Crippen LogP contribution is -2.51. The summed E-state index contributed by atoms with van der Waals surface area (Å²) in [7, 11) is 2.04. The van der Waals surface area contributed by atoms with Gasteiger partial charge in [0.15, 0.2) is 0 Å². The minimum absolute atomic E-state index is 0.291. The van der Waals surface area contributed by atoms with Gasteiger partial charge in [-0.1, -0.05) is 18.2 Å². The average molecular weight is 287 g/mol. The van der Waals surface area contributed by atoms with E-state index in [4.69, 9.17) is 0 Å². The van der Waals surface area contributed by atoms with E-state index in [0.29, 0.717) is 5.56 Å². The van der Waals surface area contributed by atoms with Crippen LogP contribution in [-0.4, -0.2) is 43.1 Å². The summed E-state index contributed by atoms with van der Waals surface area (Å²) in [6, 6.07) is 5.38. The van der Waals surface area contributed by atoms with E-state index in [2.05, 4.69) is 10.3 Å². The Bertz CT molecular complexity index is 440. The highest BCUT2D eigenvalue weighted by atomic mass is 19.4. The zero-order chi connectivity index (χ0) is 14.8. The smallest absolute Gasteiger partial charge is 0.304 e. The Morgan fingerprint density at radius 2 is 1.70 bits per heavy atom. The first kappa shape index (κ1) is 15.3. The van der Waals surface area contributed by atoms with Crippen LogP contribution in [0.1, 0.15) is 24.1 Å². The quantitative estimate of drug-likeness (QED) is 0.921. The van der Waals surface area contributed by atoms with Gasteiger partial charge in [-0.25, -0.2) is 10.4 Å². The second kappa shape index (κ2) is 6.11. The molecule has 0 spiro atoms. The number of piperazine rings is 1. The molecule has 1 aromatic rings. The molecule has 1 fully saturated rings. The molecule has 0 saturated carbocycles. The van der Waals surface area contributed by atoms with Crippen molar-refractivity contribution in [1.82, 2.24) is 15.3 Å². The third-order valence-corrected chi connectivity index (χ3v) is 3.61. The van der Waals surface area contributed by atoms with Crippen LogP contribution in [0.5, 0.6) is 0 Å². The Balaban J connectivity index is 2.08.